The van der Waals surface area contributed by atoms with Gasteiger partial charge < -0.3 is 5.32 Å². The maximum Gasteiger partial charge on any atom is 0.256 e. The lowest BCUT2D eigenvalue weighted by Crippen LogP contribution is -2.04. The summed E-state index contributed by atoms with van der Waals surface area (Å²) in [5, 5.41) is 4.97. The number of nitrogens with one attached hydrogen (secondary N) is 1. The molecule has 0 bridgehead atoms. The summed E-state index contributed by atoms with van der Waals surface area (Å²) in [4.78, 5) is 11.6. The van der Waals surface area contributed by atoms with Gasteiger partial charge in [-0.05, 0) is 33.4 Å². The lowest BCUT2D eigenvalue weighted by atomic mass is 10.1. The molecular weight excluding hydrogens is 242 g/mol. The van der Waals surface area contributed by atoms with E-state index >= 15 is 0 Å². The average molecular weight is 248 g/mol. The fourth-order valence-electron chi connectivity index (χ4n) is 1.85. The molecule has 2 aromatic carbocycles. The van der Waals surface area contributed by atoms with Gasteiger partial charge in [0.25, 0.3) is 5.91 Å². The molecule has 0 aliphatic carbocycles. The Bertz CT molecular complexity index is 562. The Morgan fingerprint density at radius 1 is 1.14 bits per heavy atom. The van der Waals surface area contributed by atoms with E-state index in [1.54, 1.807) is 0 Å². The van der Waals surface area contributed by atoms with Crippen molar-refractivity contribution in [2.45, 2.75) is 0 Å². The second-order valence-corrected chi connectivity index (χ2v) is 4.13. The first-order valence-corrected chi connectivity index (χ1v) is 5.09. The van der Waals surface area contributed by atoms with Gasteiger partial charge in [0.05, 0.1) is 5.69 Å². The summed E-state index contributed by atoms with van der Waals surface area (Å²) in [6, 6.07) is 9.72. The zero-order valence-corrected chi connectivity index (χ0v) is 8.76. The van der Waals surface area contributed by atoms with Crippen LogP contribution in [0.4, 0.5) is 5.69 Å². The molecule has 0 saturated carbocycles. The molecule has 0 unspecified atom stereocenters. The van der Waals surface area contributed by atoms with Crippen molar-refractivity contribution in [1.29, 1.82) is 0 Å². The quantitative estimate of drug-likeness (QED) is 0.762. The molecule has 1 heterocycles. The summed E-state index contributed by atoms with van der Waals surface area (Å²) in [7, 11) is 0. The van der Waals surface area contributed by atoms with Gasteiger partial charge in [-0.3, -0.25) is 4.79 Å². The first-order valence-electron chi connectivity index (χ1n) is 4.30. The summed E-state index contributed by atoms with van der Waals surface area (Å²) in [5.74, 6) is -0.0162. The minimum atomic E-state index is -0.0162. The Morgan fingerprint density at radius 2 is 2.00 bits per heavy atom. The highest BCUT2D eigenvalue weighted by Gasteiger charge is 2.22. The molecule has 14 heavy (non-hydrogen) atoms. The zero-order chi connectivity index (χ0) is 9.71. The van der Waals surface area contributed by atoms with E-state index in [2.05, 4.69) is 21.2 Å². The van der Waals surface area contributed by atoms with Crippen molar-refractivity contribution in [3.8, 4) is 0 Å². The number of hydrogen-bond acceptors (Lipinski definition) is 1. The van der Waals surface area contributed by atoms with Crippen LogP contribution < -0.4 is 5.32 Å². The summed E-state index contributed by atoms with van der Waals surface area (Å²) in [6.07, 6.45) is 0. The molecule has 2 nitrogen and oxygen atoms in total. The lowest BCUT2D eigenvalue weighted by Gasteiger charge is -2.01. The number of carbonyl (C=O) groups excluding carboxylic acids is 1. The summed E-state index contributed by atoms with van der Waals surface area (Å²) >= 11 is 3.42. The van der Waals surface area contributed by atoms with Crippen LogP contribution in [-0.4, -0.2) is 5.91 Å². The molecule has 0 fully saturated rings. The molecule has 0 aromatic heterocycles. The van der Waals surface area contributed by atoms with Crippen molar-refractivity contribution in [3.05, 3.63) is 40.4 Å². The number of anilines is 1. The molecule has 0 radical (unpaired) electrons. The van der Waals surface area contributed by atoms with Gasteiger partial charge in [0.2, 0.25) is 0 Å². The molecule has 0 saturated heterocycles. The van der Waals surface area contributed by atoms with Gasteiger partial charge in [0.15, 0.2) is 0 Å². The molecule has 1 N–H and O–H groups in total. The van der Waals surface area contributed by atoms with Gasteiger partial charge in [-0.25, -0.2) is 0 Å². The van der Waals surface area contributed by atoms with Crippen molar-refractivity contribution in [2.75, 3.05) is 5.32 Å². The van der Waals surface area contributed by atoms with E-state index in [0.29, 0.717) is 0 Å². The Morgan fingerprint density at radius 3 is 2.86 bits per heavy atom. The summed E-state index contributed by atoms with van der Waals surface area (Å²) in [5.41, 5.74) is 1.65. The molecule has 3 rings (SSSR count). The van der Waals surface area contributed by atoms with Crippen molar-refractivity contribution in [1.82, 2.24) is 0 Å². The monoisotopic (exact) mass is 247 g/mol. The van der Waals surface area contributed by atoms with Gasteiger partial charge in [-0.1, -0.05) is 18.2 Å². The van der Waals surface area contributed by atoms with Gasteiger partial charge in [0, 0.05) is 15.4 Å². The van der Waals surface area contributed by atoms with Crippen LogP contribution in [0.25, 0.3) is 10.8 Å². The SMILES string of the molecule is O=C1Nc2c(Br)ccc3cccc1c23. The average Bonchev–Trinajstić information content (AvgIpc) is 2.53. The molecular formula is C11H6BrNO. The van der Waals surface area contributed by atoms with E-state index < -0.39 is 0 Å². The van der Waals surface area contributed by atoms with E-state index in [-0.39, 0.29) is 5.91 Å². The number of hydrogen-bond donors (Lipinski definition) is 1. The summed E-state index contributed by atoms with van der Waals surface area (Å²) in [6.45, 7) is 0. The molecule has 1 aliphatic heterocycles. The predicted molar refractivity (Wildman–Crippen MR) is 59.6 cm³/mol. The van der Waals surface area contributed by atoms with E-state index in [0.717, 1.165) is 26.5 Å². The number of amides is 1. The van der Waals surface area contributed by atoms with Crippen LogP contribution in [0.5, 0.6) is 0 Å². The van der Waals surface area contributed by atoms with Crippen LogP contribution >= 0.6 is 15.9 Å². The molecule has 2 aromatic rings. The fraction of sp³-hybridized carbons (Fsp3) is 0. The van der Waals surface area contributed by atoms with Gasteiger partial charge >= 0.3 is 0 Å². The highest BCUT2D eigenvalue weighted by molar-refractivity contribution is 9.10. The van der Waals surface area contributed by atoms with E-state index in [4.69, 9.17) is 0 Å². The van der Waals surface area contributed by atoms with E-state index in [1.807, 2.05) is 30.3 Å². The van der Waals surface area contributed by atoms with Crippen LogP contribution in [-0.2, 0) is 0 Å². The Kier molecular flexibility index (Phi) is 1.47. The van der Waals surface area contributed by atoms with Crippen LogP contribution in [0.1, 0.15) is 10.4 Å². The molecule has 0 spiro atoms. The third-order valence-corrected chi connectivity index (χ3v) is 3.14. The van der Waals surface area contributed by atoms with Crippen molar-refractivity contribution in [2.24, 2.45) is 0 Å². The van der Waals surface area contributed by atoms with Crippen LogP contribution in [0, 0.1) is 0 Å². The van der Waals surface area contributed by atoms with Gasteiger partial charge in [-0.15, -0.1) is 0 Å². The largest absolute Gasteiger partial charge is 0.320 e. The standard InChI is InChI=1S/C11H6BrNO/c12-8-5-4-6-2-1-3-7-9(6)10(8)13-11(7)14/h1-5H,(H,13,14). The molecule has 1 amide bonds. The lowest BCUT2D eigenvalue weighted by molar-refractivity contribution is 0.103. The van der Waals surface area contributed by atoms with E-state index in [1.165, 1.54) is 0 Å². The smallest absolute Gasteiger partial charge is 0.256 e. The van der Waals surface area contributed by atoms with Crippen LogP contribution in [0.15, 0.2) is 34.8 Å². The first kappa shape index (κ1) is 8.00. The third kappa shape index (κ3) is 0.876. The van der Waals surface area contributed by atoms with Crippen molar-refractivity contribution < 1.29 is 4.79 Å². The van der Waals surface area contributed by atoms with Crippen molar-refractivity contribution >= 4 is 38.3 Å². The maximum atomic E-state index is 11.6. The zero-order valence-electron chi connectivity index (χ0n) is 7.17. The summed E-state index contributed by atoms with van der Waals surface area (Å²) < 4.78 is 0.934. The van der Waals surface area contributed by atoms with Gasteiger partial charge in [-0.2, -0.15) is 0 Å². The predicted octanol–water partition coefficient (Wildman–Crippen LogP) is 3.17. The Balaban J connectivity index is 2.58. The normalized spacial score (nSPS) is 13.4. The van der Waals surface area contributed by atoms with Crippen LogP contribution in [0.3, 0.4) is 0 Å². The minimum absolute atomic E-state index is 0.0162. The first-order chi connectivity index (χ1) is 6.77. The number of benzene rings is 2. The fourth-order valence-corrected chi connectivity index (χ4v) is 2.28. The maximum absolute atomic E-state index is 11.6. The number of carbonyl (C=O) groups is 1. The molecule has 3 heteroatoms. The highest BCUT2D eigenvalue weighted by atomic mass is 79.9. The Labute approximate surface area is 89.1 Å². The third-order valence-electron chi connectivity index (χ3n) is 2.48. The van der Waals surface area contributed by atoms with Crippen LogP contribution in [0.2, 0.25) is 0 Å². The second-order valence-electron chi connectivity index (χ2n) is 3.28. The topological polar surface area (TPSA) is 29.1 Å². The highest BCUT2D eigenvalue weighted by Crippen LogP contribution is 2.38. The van der Waals surface area contributed by atoms with Crippen molar-refractivity contribution in [3.63, 3.8) is 0 Å². The molecule has 1 aliphatic rings. The van der Waals surface area contributed by atoms with E-state index in [9.17, 15) is 4.79 Å². The number of halogens is 1. The Hall–Kier alpha value is -1.35. The molecule has 68 valence electrons. The second kappa shape index (κ2) is 2.58. The minimum Gasteiger partial charge on any atom is -0.320 e. The number of rotatable bonds is 0. The molecule has 0 atom stereocenters. The van der Waals surface area contributed by atoms with Gasteiger partial charge in [0.1, 0.15) is 0 Å².